The molecule has 4 heterocycles. The minimum Gasteiger partial charge on any atom is -0.368 e. The Kier molecular flexibility index (Phi) is 3.95. The van der Waals surface area contributed by atoms with Gasteiger partial charge in [0.05, 0.1) is 12.6 Å². The summed E-state index contributed by atoms with van der Waals surface area (Å²) in [6, 6.07) is 0. The van der Waals surface area contributed by atoms with Crippen molar-refractivity contribution in [2.24, 2.45) is 5.92 Å². The standard InChI is InChI=1S/C16H26N2O5S/c1-11(2)7-18-10-16-9-17(15(19)13-4-3-5-22-13)8-12(23-16)6-14(16)24(18,20)21/h11-14H,3-10H2,1-2H3/t12-,13?,14+,16+/m1/s1. The Balaban J connectivity index is 1.57. The SMILES string of the molecule is CC(C)CN1C[C@@]23CN(C(=O)C4CCCO4)C[C@@H](C[C@@H]2S1(=O)=O)O3. The van der Waals surface area contributed by atoms with Gasteiger partial charge in [0.15, 0.2) is 0 Å². The Morgan fingerprint density at radius 1 is 1.33 bits per heavy atom. The molecule has 0 saturated carbocycles. The second-order valence-electron chi connectivity index (χ2n) is 7.98. The first-order valence-electron chi connectivity index (χ1n) is 8.89. The lowest BCUT2D eigenvalue weighted by Crippen LogP contribution is -2.58. The van der Waals surface area contributed by atoms with Gasteiger partial charge in [0.2, 0.25) is 10.0 Å². The van der Waals surface area contributed by atoms with Gasteiger partial charge in [-0.05, 0) is 25.2 Å². The minimum absolute atomic E-state index is 0.000493. The lowest BCUT2D eigenvalue weighted by Gasteiger charge is -2.40. The molecule has 2 bridgehead atoms. The summed E-state index contributed by atoms with van der Waals surface area (Å²) in [6.07, 6.45) is 1.63. The van der Waals surface area contributed by atoms with Crippen molar-refractivity contribution >= 4 is 15.9 Å². The van der Waals surface area contributed by atoms with Gasteiger partial charge in [0, 0.05) is 26.2 Å². The number of rotatable bonds is 3. The second-order valence-corrected chi connectivity index (χ2v) is 10.1. The molecule has 0 N–H and O–H groups in total. The van der Waals surface area contributed by atoms with Crippen molar-refractivity contribution in [1.82, 2.24) is 9.21 Å². The lowest BCUT2D eigenvalue weighted by molar-refractivity contribution is -0.159. The Labute approximate surface area is 143 Å². The van der Waals surface area contributed by atoms with Crippen LogP contribution in [0.1, 0.15) is 33.1 Å². The zero-order chi connectivity index (χ0) is 17.1. The highest BCUT2D eigenvalue weighted by Gasteiger charge is 2.65. The number of morpholine rings is 1. The normalized spacial score (nSPS) is 41.1. The maximum absolute atomic E-state index is 12.9. The van der Waals surface area contributed by atoms with Gasteiger partial charge in [-0.3, -0.25) is 4.79 Å². The Morgan fingerprint density at radius 3 is 2.79 bits per heavy atom. The zero-order valence-corrected chi connectivity index (χ0v) is 15.1. The lowest BCUT2D eigenvalue weighted by atomic mass is 9.99. The molecule has 1 amide bonds. The number of fused-ring (bicyclic) bond motifs is 1. The smallest absolute Gasteiger partial charge is 0.251 e. The van der Waals surface area contributed by atoms with E-state index in [1.54, 1.807) is 9.21 Å². The largest absolute Gasteiger partial charge is 0.368 e. The second kappa shape index (κ2) is 5.65. The highest BCUT2D eigenvalue weighted by Crippen LogP contribution is 2.46. The third kappa shape index (κ3) is 2.50. The summed E-state index contributed by atoms with van der Waals surface area (Å²) in [5.41, 5.74) is -0.759. The molecule has 4 fully saturated rings. The number of carbonyl (C=O) groups excluding carboxylic acids is 1. The van der Waals surface area contributed by atoms with Crippen LogP contribution in [0.4, 0.5) is 0 Å². The van der Waals surface area contributed by atoms with E-state index in [0.29, 0.717) is 39.2 Å². The van der Waals surface area contributed by atoms with Crippen LogP contribution in [0.25, 0.3) is 0 Å². The van der Waals surface area contributed by atoms with Gasteiger partial charge < -0.3 is 14.4 Å². The van der Waals surface area contributed by atoms with Crippen LogP contribution in [-0.4, -0.2) is 79.4 Å². The number of ether oxygens (including phenoxy) is 2. The molecular formula is C16H26N2O5S. The van der Waals surface area contributed by atoms with Crippen molar-refractivity contribution in [1.29, 1.82) is 0 Å². The molecule has 1 unspecified atom stereocenters. The molecule has 4 atom stereocenters. The molecule has 4 aliphatic rings. The van der Waals surface area contributed by atoms with E-state index in [1.807, 2.05) is 13.8 Å². The van der Waals surface area contributed by atoms with Crippen LogP contribution in [0.3, 0.4) is 0 Å². The molecule has 24 heavy (non-hydrogen) atoms. The van der Waals surface area contributed by atoms with Crippen molar-refractivity contribution in [3.05, 3.63) is 0 Å². The van der Waals surface area contributed by atoms with E-state index in [1.165, 1.54) is 0 Å². The van der Waals surface area contributed by atoms with Crippen molar-refractivity contribution < 1.29 is 22.7 Å². The van der Waals surface area contributed by atoms with Crippen LogP contribution in [0, 0.1) is 5.92 Å². The Bertz CT molecular complexity index is 630. The third-order valence-corrected chi connectivity index (χ3v) is 7.94. The first-order valence-corrected chi connectivity index (χ1v) is 10.4. The molecule has 0 aromatic heterocycles. The van der Waals surface area contributed by atoms with Crippen molar-refractivity contribution in [2.45, 2.75) is 56.2 Å². The van der Waals surface area contributed by atoms with E-state index in [-0.39, 0.29) is 24.0 Å². The number of amides is 1. The van der Waals surface area contributed by atoms with Crippen LogP contribution in [-0.2, 0) is 24.3 Å². The number of hydrogen-bond donors (Lipinski definition) is 0. The number of carbonyl (C=O) groups is 1. The Hall–Kier alpha value is -0.700. The highest BCUT2D eigenvalue weighted by molar-refractivity contribution is 7.90. The molecule has 136 valence electrons. The summed E-state index contributed by atoms with van der Waals surface area (Å²) in [6.45, 7) is 6.38. The van der Waals surface area contributed by atoms with Crippen molar-refractivity contribution in [3.8, 4) is 0 Å². The summed E-state index contributed by atoms with van der Waals surface area (Å²) in [4.78, 5) is 14.5. The third-order valence-electron chi connectivity index (χ3n) is 5.60. The van der Waals surface area contributed by atoms with Gasteiger partial charge in [-0.15, -0.1) is 0 Å². The van der Waals surface area contributed by atoms with E-state index in [2.05, 4.69) is 0 Å². The van der Waals surface area contributed by atoms with Gasteiger partial charge in [0.25, 0.3) is 5.91 Å². The first-order chi connectivity index (χ1) is 11.3. The van der Waals surface area contributed by atoms with Crippen molar-refractivity contribution in [3.63, 3.8) is 0 Å². The number of nitrogens with zero attached hydrogens (tertiary/aromatic N) is 2. The average Bonchev–Trinajstić information content (AvgIpc) is 3.15. The van der Waals surface area contributed by atoms with Gasteiger partial charge in [0.1, 0.15) is 17.0 Å². The monoisotopic (exact) mass is 358 g/mol. The molecule has 0 aromatic carbocycles. The van der Waals surface area contributed by atoms with E-state index in [0.717, 1.165) is 12.8 Å². The predicted octanol–water partition coefficient (Wildman–Crippen LogP) is 0.205. The van der Waals surface area contributed by atoms with Crippen LogP contribution >= 0.6 is 0 Å². The summed E-state index contributed by atoms with van der Waals surface area (Å²) < 4.78 is 39.0. The minimum atomic E-state index is -3.35. The average molecular weight is 358 g/mol. The van der Waals surface area contributed by atoms with Crippen LogP contribution in [0.2, 0.25) is 0 Å². The van der Waals surface area contributed by atoms with E-state index in [4.69, 9.17) is 9.47 Å². The molecule has 4 aliphatic heterocycles. The molecule has 8 heteroatoms. The first kappa shape index (κ1) is 16.8. The van der Waals surface area contributed by atoms with Gasteiger partial charge in [-0.25, -0.2) is 8.42 Å². The highest BCUT2D eigenvalue weighted by atomic mass is 32.2. The van der Waals surface area contributed by atoms with Crippen LogP contribution < -0.4 is 0 Å². The molecule has 7 nitrogen and oxygen atoms in total. The van der Waals surface area contributed by atoms with Gasteiger partial charge in [-0.2, -0.15) is 4.31 Å². The van der Waals surface area contributed by atoms with E-state index >= 15 is 0 Å². The molecule has 0 aromatic rings. The maximum atomic E-state index is 12.9. The van der Waals surface area contributed by atoms with Gasteiger partial charge >= 0.3 is 0 Å². The quantitative estimate of drug-likeness (QED) is 0.721. The Morgan fingerprint density at radius 2 is 2.12 bits per heavy atom. The van der Waals surface area contributed by atoms with Gasteiger partial charge in [-0.1, -0.05) is 13.8 Å². The summed E-state index contributed by atoms with van der Waals surface area (Å²) in [7, 11) is -3.35. The van der Waals surface area contributed by atoms with Crippen molar-refractivity contribution in [2.75, 3.05) is 32.8 Å². The van der Waals surface area contributed by atoms with Crippen LogP contribution in [0.5, 0.6) is 0 Å². The summed E-state index contributed by atoms with van der Waals surface area (Å²) in [5.74, 6) is 0.263. The summed E-state index contributed by atoms with van der Waals surface area (Å²) >= 11 is 0. The fourth-order valence-corrected chi connectivity index (χ4v) is 7.13. The molecule has 4 rings (SSSR count). The topological polar surface area (TPSA) is 76.2 Å². The number of hydrogen-bond acceptors (Lipinski definition) is 5. The number of likely N-dealkylation sites (tertiary alicyclic amines) is 1. The predicted molar refractivity (Wildman–Crippen MR) is 86.9 cm³/mol. The molecule has 0 radical (unpaired) electrons. The number of sulfonamides is 1. The summed E-state index contributed by atoms with van der Waals surface area (Å²) in [5, 5.41) is -0.518. The van der Waals surface area contributed by atoms with E-state index < -0.39 is 20.9 Å². The fraction of sp³-hybridized carbons (Fsp3) is 0.938. The van der Waals surface area contributed by atoms with E-state index in [9.17, 15) is 13.2 Å². The van der Waals surface area contributed by atoms with Crippen LogP contribution in [0.15, 0.2) is 0 Å². The molecule has 0 aliphatic carbocycles. The zero-order valence-electron chi connectivity index (χ0n) is 14.3. The fourth-order valence-electron chi connectivity index (χ4n) is 4.66. The maximum Gasteiger partial charge on any atom is 0.251 e. The molecule has 4 saturated heterocycles. The molecular weight excluding hydrogens is 332 g/mol. The molecule has 1 spiro atoms.